The first-order valence-corrected chi connectivity index (χ1v) is 9.62. The lowest BCUT2D eigenvalue weighted by Crippen LogP contribution is -2.32. The van der Waals surface area contributed by atoms with E-state index < -0.39 is 0 Å². The molecule has 0 spiro atoms. The highest BCUT2D eigenvalue weighted by molar-refractivity contribution is 5.95. The molecule has 0 radical (unpaired) electrons. The van der Waals surface area contributed by atoms with Crippen LogP contribution in [0.4, 0.5) is 5.69 Å². The van der Waals surface area contributed by atoms with E-state index in [2.05, 4.69) is 54.5 Å². The van der Waals surface area contributed by atoms with Crippen LogP contribution in [0.3, 0.4) is 0 Å². The van der Waals surface area contributed by atoms with Crippen LogP contribution >= 0.6 is 0 Å². The van der Waals surface area contributed by atoms with Crippen molar-refractivity contribution in [3.05, 3.63) is 77.2 Å². The standard InChI is InChI=1S/C21H22N2O.C2H6/c1-16-6-7-19-15-17(14-16)8-11-22(19)12-10-21(24)23-13-9-18-4-2-3-5-20(18)23;1-2/h2-8,11,14H,9-10,12-13,15H2,1H3;1-2H3. The maximum Gasteiger partial charge on any atom is 0.228 e. The summed E-state index contributed by atoms with van der Waals surface area (Å²) in [5, 5.41) is 0. The molecular weight excluding hydrogens is 320 g/mol. The van der Waals surface area contributed by atoms with Crippen LogP contribution in [0.1, 0.15) is 39.2 Å². The first-order valence-electron chi connectivity index (χ1n) is 9.62. The number of carbonyl (C=O) groups is 1. The number of para-hydroxylation sites is 1. The SMILES string of the molecule is CC.CC1=CC=C2CC(=C1)C=CN2CCC(=O)N1CCc2ccccc21. The van der Waals surface area contributed by atoms with Crippen LogP contribution < -0.4 is 4.90 Å². The number of allylic oxidation sites excluding steroid dienone is 6. The molecule has 3 aliphatic rings. The highest BCUT2D eigenvalue weighted by Crippen LogP contribution is 2.29. The molecule has 0 saturated heterocycles. The fourth-order valence-electron chi connectivity index (χ4n) is 3.64. The predicted molar refractivity (Wildman–Crippen MR) is 109 cm³/mol. The Balaban J connectivity index is 0.000000948. The summed E-state index contributed by atoms with van der Waals surface area (Å²) in [6.45, 7) is 7.67. The highest BCUT2D eigenvalue weighted by atomic mass is 16.2. The van der Waals surface area contributed by atoms with Crippen molar-refractivity contribution in [3.8, 4) is 0 Å². The predicted octanol–water partition coefficient (Wildman–Crippen LogP) is 4.98. The van der Waals surface area contributed by atoms with Gasteiger partial charge in [0.15, 0.2) is 0 Å². The fourth-order valence-corrected chi connectivity index (χ4v) is 3.64. The number of rotatable bonds is 3. The first-order chi connectivity index (χ1) is 12.7. The summed E-state index contributed by atoms with van der Waals surface area (Å²) < 4.78 is 0. The van der Waals surface area contributed by atoms with Gasteiger partial charge >= 0.3 is 0 Å². The molecule has 3 nitrogen and oxygen atoms in total. The van der Waals surface area contributed by atoms with Crippen molar-refractivity contribution in [1.82, 2.24) is 4.90 Å². The first kappa shape index (κ1) is 18.2. The van der Waals surface area contributed by atoms with Gasteiger partial charge in [0, 0.05) is 43.5 Å². The third-order valence-corrected chi connectivity index (χ3v) is 4.93. The van der Waals surface area contributed by atoms with E-state index in [1.807, 2.05) is 30.9 Å². The van der Waals surface area contributed by atoms with E-state index in [9.17, 15) is 4.79 Å². The molecule has 3 heteroatoms. The van der Waals surface area contributed by atoms with Gasteiger partial charge in [-0.25, -0.2) is 0 Å². The number of hydrogen-bond acceptors (Lipinski definition) is 2. The lowest BCUT2D eigenvalue weighted by atomic mass is 10.1. The van der Waals surface area contributed by atoms with Crippen molar-refractivity contribution < 1.29 is 4.79 Å². The molecule has 136 valence electrons. The molecule has 2 aliphatic heterocycles. The third-order valence-electron chi connectivity index (χ3n) is 4.93. The molecule has 2 bridgehead atoms. The number of amides is 1. The second-order valence-corrected chi connectivity index (χ2v) is 6.65. The smallest absolute Gasteiger partial charge is 0.228 e. The van der Waals surface area contributed by atoms with Crippen LogP contribution in [0.15, 0.2) is 71.6 Å². The van der Waals surface area contributed by atoms with E-state index in [0.717, 1.165) is 31.6 Å². The van der Waals surface area contributed by atoms with Crippen molar-refractivity contribution in [3.63, 3.8) is 0 Å². The topological polar surface area (TPSA) is 23.6 Å². The zero-order chi connectivity index (χ0) is 18.5. The molecule has 1 amide bonds. The van der Waals surface area contributed by atoms with Crippen LogP contribution in [0, 0.1) is 0 Å². The largest absolute Gasteiger partial charge is 0.351 e. The number of hydrogen-bond donors (Lipinski definition) is 0. The van der Waals surface area contributed by atoms with Crippen molar-refractivity contribution in [2.75, 3.05) is 18.0 Å². The van der Waals surface area contributed by atoms with Crippen molar-refractivity contribution in [2.24, 2.45) is 0 Å². The quantitative estimate of drug-likeness (QED) is 0.769. The minimum atomic E-state index is 0.218. The van der Waals surface area contributed by atoms with Crippen molar-refractivity contribution in [1.29, 1.82) is 0 Å². The van der Waals surface area contributed by atoms with Gasteiger partial charge in [-0.3, -0.25) is 4.79 Å². The van der Waals surface area contributed by atoms with Crippen LogP contribution in [0.2, 0.25) is 0 Å². The molecule has 2 heterocycles. The summed E-state index contributed by atoms with van der Waals surface area (Å²) in [5.74, 6) is 0.218. The van der Waals surface area contributed by atoms with E-state index >= 15 is 0 Å². The third kappa shape index (κ3) is 3.82. The maximum absolute atomic E-state index is 12.7. The molecule has 0 saturated carbocycles. The molecular formula is C23H28N2O. The number of fused-ring (bicyclic) bond motifs is 3. The van der Waals surface area contributed by atoms with Gasteiger partial charge in [0.05, 0.1) is 0 Å². The zero-order valence-corrected chi connectivity index (χ0v) is 16.0. The van der Waals surface area contributed by atoms with Crippen LogP contribution in [-0.4, -0.2) is 23.9 Å². The maximum atomic E-state index is 12.7. The molecule has 4 rings (SSSR count). The lowest BCUT2D eigenvalue weighted by Gasteiger charge is -2.28. The van der Waals surface area contributed by atoms with Gasteiger partial charge in [0.1, 0.15) is 0 Å². The van der Waals surface area contributed by atoms with E-state index in [-0.39, 0.29) is 5.91 Å². The van der Waals surface area contributed by atoms with Crippen LogP contribution in [0.5, 0.6) is 0 Å². The second kappa shape index (κ2) is 8.22. The van der Waals surface area contributed by atoms with Gasteiger partial charge in [-0.1, -0.05) is 49.8 Å². The highest BCUT2D eigenvalue weighted by Gasteiger charge is 2.24. The molecule has 1 aromatic carbocycles. The second-order valence-electron chi connectivity index (χ2n) is 6.65. The number of anilines is 1. The Hall–Kier alpha value is -2.55. The molecule has 1 aromatic rings. The van der Waals surface area contributed by atoms with Gasteiger partial charge in [-0.2, -0.15) is 0 Å². The molecule has 1 aliphatic carbocycles. The lowest BCUT2D eigenvalue weighted by molar-refractivity contribution is -0.118. The molecule has 0 atom stereocenters. The van der Waals surface area contributed by atoms with Gasteiger partial charge in [-0.15, -0.1) is 0 Å². The summed E-state index contributed by atoms with van der Waals surface area (Å²) in [5.41, 5.74) is 6.26. The zero-order valence-electron chi connectivity index (χ0n) is 16.0. The van der Waals surface area contributed by atoms with Crippen molar-refractivity contribution >= 4 is 11.6 Å². The molecule has 26 heavy (non-hydrogen) atoms. The fraction of sp³-hybridized carbons (Fsp3) is 0.348. The van der Waals surface area contributed by atoms with Crippen molar-refractivity contribution in [2.45, 2.75) is 40.0 Å². The number of carbonyl (C=O) groups excluding carboxylic acids is 1. The van der Waals surface area contributed by atoms with Gasteiger partial charge in [0.2, 0.25) is 5.91 Å². The Kier molecular flexibility index (Phi) is 5.77. The average Bonchev–Trinajstić information content (AvgIpc) is 3.04. The Morgan fingerprint density at radius 3 is 2.81 bits per heavy atom. The molecule has 0 fully saturated rings. The van der Waals surface area contributed by atoms with E-state index in [1.165, 1.54) is 22.4 Å². The molecule has 0 unspecified atom stereocenters. The Morgan fingerprint density at radius 2 is 1.96 bits per heavy atom. The van der Waals surface area contributed by atoms with Gasteiger partial charge in [0.25, 0.3) is 0 Å². The number of nitrogens with zero attached hydrogens (tertiary/aromatic N) is 2. The summed E-state index contributed by atoms with van der Waals surface area (Å²) in [7, 11) is 0. The van der Waals surface area contributed by atoms with E-state index in [4.69, 9.17) is 0 Å². The average molecular weight is 348 g/mol. The minimum absolute atomic E-state index is 0.218. The minimum Gasteiger partial charge on any atom is -0.351 e. The number of benzene rings is 1. The van der Waals surface area contributed by atoms with E-state index in [1.54, 1.807) is 0 Å². The van der Waals surface area contributed by atoms with Gasteiger partial charge in [-0.05, 0) is 42.7 Å². The normalized spacial score (nSPS) is 17.4. The Morgan fingerprint density at radius 1 is 1.15 bits per heavy atom. The Labute approximate surface area is 157 Å². The summed E-state index contributed by atoms with van der Waals surface area (Å²) in [4.78, 5) is 16.8. The Bertz CT molecular complexity index is 798. The molecule has 0 aromatic heterocycles. The summed E-state index contributed by atoms with van der Waals surface area (Å²) in [6, 6.07) is 8.23. The van der Waals surface area contributed by atoms with E-state index in [0.29, 0.717) is 6.42 Å². The van der Waals surface area contributed by atoms with Crippen LogP contribution in [-0.2, 0) is 11.2 Å². The van der Waals surface area contributed by atoms with Gasteiger partial charge < -0.3 is 9.80 Å². The summed E-state index contributed by atoms with van der Waals surface area (Å²) in [6.07, 6.45) is 13.3. The molecule has 0 N–H and O–H groups in total. The monoisotopic (exact) mass is 348 g/mol. The summed E-state index contributed by atoms with van der Waals surface area (Å²) >= 11 is 0. The van der Waals surface area contributed by atoms with Crippen LogP contribution in [0.25, 0.3) is 0 Å².